The van der Waals surface area contributed by atoms with Gasteiger partial charge in [-0.3, -0.25) is 10.9 Å². The zero-order valence-electron chi connectivity index (χ0n) is 9.63. The van der Waals surface area contributed by atoms with Crippen molar-refractivity contribution >= 4 is 46.6 Å². The molecule has 0 unspecified atom stereocenters. The Morgan fingerprint density at radius 1 is 1.11 bits per heavy atom. The van der Waals surface area contributed by atoms with E-state index in [-0.39, 0.29) is 16.0 Å². The number of hydrogen-bond donors (Lipinski definition) is 4. The van der Waals surface area contributed by atoms with Gasteiger partial charge in [-0.25, -0.2) is 4.39 Å². The SMILES string of the molecule is NC(=S)N/N=C(\C=N\NC(N)=S)c1ccc(F)cc1. The number of nitrogens with two attached hydrogens (primary N) is 2. The molecule has 0 bridgehead atoms. The second-order valence-electron chi connectivity index (χ2n) is 3.21. The van der Waals surface area contributed by atoms with Crippen LogP contribution in [0.4, 0.5) is 4.39 Å². The molecule has 0 heterocycles. The molecule has 9 heteroatoms. The molecule has 0 aliphatic heterocycles. The Bertz CT molecular complexity index is 525. The van der Waals surface area contributed by atoms with E-state index in [4.69, 9.17) is 11.5 Å². The maximum absolute atomic E-state index is 12.8. The normalized spacial score (nSPS) is 11.3. The van der Waals surface area contributed by atoms with Gasteiger partial charge in [-0.2, -0.15) is 10.2 Å². The summed E-state index contributed by atoms with van der Waals surface area (Å²) >= 11 is 9.23. The molecule has 0 atom stereocenters. The van der Waals surface area contributed by atoms with Gasteiger partial charge in [-0.15, -0.1) is 0 Å². The fourth-order valence-electron chi connectivity index (χ4n) is 1.06. The van der Waals surface area contributed by atoms with Crippen molar-refractivity contribution in [1.29, 1.82) is 0 Å². The molecule has 0 saturated carbocycles. The minimum atomic E-state index is -0.358. The van der Waals surface area contributed by atoms with Gasteiger partial charge in [0.15, 0.2) is 10.2 Å². The summed E-state index contributed by atoms with van der Waals surface area (Å²) in [5.41, 5.74) is 16.3. The number of thiocarbonyl (C=S) groups is 2. The zero-order chi connectivity index (χ0) is 14.3. The number of hydrogen-bond acceptors (Lipinski definition) is 4. The number of halogens is 1. The Kier molecular flexibility index (Phi) is 5.76. The monoisotopic (exact) mass is 298 g/mol. The Morgan fingerprint density at radius 2 is 1.68 bits per heavy atom. The molecule has 19 heavy (non-hydrogen) atoms. The van der Waals surface area contributed by atoms with E-state index in [0.717, 1.165) is 0 Å². The highest BCUT2D eigenvalue weighted by atomic mass is 32.1. The average molecular weight is 298 g/mol. The number of nitrogens with zero attached hydrogens (tertiary/aromatic N) is 2. The lowest BCUT2D eigenvalue weighted by molar-refractivity contribution is 0.628. The van der Waals surface area contributed by atoms with Crippen LogP contribution >= 0.6 is 24.4 Å². The number of rotatable bonds is 4. The van der Waals surface area contributed by atoms with E-state index in [9.17, 15) is 4.39 Å². The van der Waals surface area contributed by atoms with Crippen LogP contribution in [0.15, 0.2) is 34.5 Å². The van der Waals surface area contributed by atoms with Crippen LogP contribution in [0, 0.1) is 5.82 Å². The molecule has 0 aromatic heterocycles. The third-order valence-electron chi connectivity index (χ3n) is 1.79. The summed E-state index contributed by atoms with van der Waals surface area (Å²) in [6.07, 6.45) is 1.34. The first-order valence-corrected chi connectivity index (χ1v) is 5.78. The van der Waals surface area contributed by atoms with Crippen LogP contribution < -0.4 is 22.3 Å². The smallest absolute Gasteiger partial charge is 0.184 e. The summed E-state index contributed by atoms with van der Waals surface area (Å²) in [7, 11) is 0. The predicted octanol–water partition coefficient (Wildman–Crippen LogP) is 0.182. The second kappa shape index (κ2) is 7.34. The second-order valence-corrected chi connectivity index (χ2v) is 4.09. The van der Waals surface area contributed by atoms with Gasteiger partial charge in [0.2, 0.25) is 0 Å². The van der Waals surface area contributed by atoms with Crippen molar-refractivity contribution in [3.8, 4) is 0 Å². The summed E-state index contributed by atoms with van der Waals surface area (Å²) in [5, 5.41) is 7.69. The molecule has 0 spiro atoms. The highest BCUT2D eigenvalue weighted by molar-refractivity contribution is 7.80. The van der Waals surface area contributed by atoms with Crippen LogP contribution in [-0.2, 0) is 0 Å². The zero-order valence-corrected chi connectivity index (χ0v) is 11.3. The van der Waals surface area contributed by atoms with Crippen molar-refractivity contribution in [3.63, 3.8) is 0 Å². The van der Waals surface area contributed by atoms with E-state index < -0.39 is 0 Å². The maximum Gasteiger partial charge on any atom is 0.184 e. The van der Waals surface area contributed by atoms with Crippen molar-refractivity contribution in [2.45, 2.75) is 0 Å². The van der Waals surface area contributed by atoms with Crippen LogP contribution in [0.5, 0.6) is 0 Å². The third kappa shape index (κ3) is 5.84. The van der Waals surface area contributed by atoms with Gasteiger partial charge in [-0.05, 0) is 48.7 Å². The van der Waals surface area contributed by atoms with E-state index in [1.807, 2.05) is 0 Å². The topological polar surface area (TPSA) is 101 Å². The van der Waals surface area contributed by atoms with Gasteiger partial charge in [0.25, 0.3) is 0 Å². The quantitative estimate of drug-likeness (QED) is 0.359. The van der Waals surface area contributed by atoms with Crippen LogP contribution in [0.25, 0.3) is 0 Å². The fraction of sp³-hybridized carbons (Fsp3) is 0. The summed E-state index contributed by atoms with van der Waals surface area (Å²) in [6, 6.07) is 5.64. The molecule has 1 aromatic carbocycles. The number of benzene rings is 1. The molecule has 0 aliphatic rings. The van der Waals surface area contributed by atoms with Crippen molar-refractivity contribution in [2.24, 2.45) is 21.7 Å². The lowest BCUT2D eigenvalue weighted by Gasteiger charge is -2.03. The molecule has 6 N–H and O–H groups in total. The van der Waals surface area contributed by atoms with Gasteiger partial charge >= 0.3 is 0 Å². The van der Waals surface area contributed by atoms with Gasteiger partial charge in [0.1, 0.15) is 11.5 Å². The Labute approximate surface area is 119 Å². The first-order valence-electron chi connectivity index (χ1n) is 4.96. The fourth-order valence-corrected chi connectivity index (χ4v) is 1.16. The molecule has 6 nitrogen and oxygen atoms in total. The first-order chi connectivity index (χ1) is 8.99. The van der Waals surface area contributed by atoms with Gasteiger partial charge in [0, 0.05) is 5.56 Å². The van der Waals surface area contributed by atoms with Crippen LogP contribution in [0.1, 0.15) is 5.56 Å². The summed E-state index contributed by atoms with van der Waals surface area (Å²) in [4.78, 5) is 0. The van der Waals surface area contributed by atoms with E-state index in [0.29, 0.717) is 11.3 Å². The summed E-state index contributed by atoms with van der Waals surface area (Å²) < 4.78 is 12.8. The van der Waals surface area contributed by atoms with E-state index in [1.165, 1.54) is 30.5 Å². The molecule has 100 valence electrons. The molecule has 0 aliphatic carbocycles. The summed E-state index contributed by atoms with van der Waals surface area (Å²) in [6.45, 7) is 0. The maximum atomic E-state index is 12.8. The lowest BCUT2D eigenvalue weighted by Crippen LogP contribution is -2.27. The van der Waals surface area contributed by atoms with Crippen molar-refractivity contribution in [2.75, 3.05) is 0 Å². The third-order valence-corrected chi connectivity index (χ3v) is 1.97. The van der Waals surface area contributed by atoms with Gasteiger partial charge < -0.3 is 11.5 Å². The minimum Gasteiger partial charge on any atom is -0.375 e. The molecule has 0 amide bonds. The number of hydrazone groups is 2. The van der Waals surface area contributed by atoms with Gasteiger partial charge in [-0.1, -0.05) is 0 Å². The van der Waals surface area contributed by atoms with Crippen LogP contribution in [0.3, 0.4) is 0 Å². The highest BCUT2D eigenvalue weighted by Gasteiger charge is 2.02. The molecule has 1 aromatic rings. The summed E-state index contributed by atoms with van der Waals surface area (Å²) in [5.74, 6) is -0.358. The van der Waals surface area contributed by atoms with E-state index >= 15 is 0 Å². The molecule has 0 radical (unpaired) electrons. The molecule has 0 fully saturated rings. The van der Waals surface area contributed by atoms with Crippen LogP contribution in [-0.4, -0.2) is 22.2 Å². The van der Waals surface area contributed by atoms with E-state index in [2.05, 4.69) is 45.5 Å². The first kappa shape index (κ1) is 14.9. The Hall–Kier alpha value is -2.13. The average Bonchev–Trinajstić information content (AvgIpc) is 2.34. The van der Waals surface area contributed by atoms with E-state index in [1.54, 1.807) is 0 Å². The van der Waals surface area contributed by atoms with Gasteiger partial charge in [0.05, 0.1) is 6.21 Å². The van der Waals surface area contributed by atoms with Crippen molar-refractivity contribution in [1.82, 2.24) is 10.9 Å². The standard InChI is InChI=1S/C10H11FN6S2/c11-7-3-1-6(2-4-7)8(15-17-10(13)19)5-14-16-9(12)18/h1-5H,(H3,12,16,18)(H3,13,17,19)/b14-5+,15-8+. The van der Waals surface area contributed by atoms with Crippen molar-refractivity contribution < 1.29 is 4.39 Å². The van der Waals surface area contributed by atoms with Crippen molar-refractivity contribution in [3.05, 3.63) is 35.6 Å². The molecule has 1 rings (SSSR count). The lowest BCUT2D eigenvalue weighted by atomic mass is 10.1. The Balaban J connectivity index is 2.94. The molecular weight excluding hydrogens is 287 g/mol. The number of nitrogens with one attached hydrogen (secondary N) is 2. The predicted molar refractivity (Wildman–Crippen MR) is 81.3 cm³/mol. The largest absolute Gasteiger partial charge is 0.375 e. The molecule has 0 saturated heterocycles. The minimum absolute atomic E-state index is 0.00434. The Morgan fingerprint density at radius 3 is 2.21 bits per heavy atom. The molecular formula is C10H11FN6S2. The van der Waals surface area contributed by atoms with Crippen LogP contribution in [0.2, 0.25) is 0 Å². The highest BCUT2D eigenvalue weighted by Crippen LogP contribution is 2.03.